The number of ether oxygens (including phenoxy) is 1. The molecule has 0 radical (unpaired) electrons. The third kappa shape index (κ3) is 5.19. The van der Waals surface area contributed by atoms with E-state index in [4.69, 9.17) is 4.74 Å². The van der Waals surface area contributed by atoms with Crippen molar-refractivity contribution in [1.82, 2.24) is 0 Å². The van der Waals surface area contributed by atoms with E-state index in [2.05, 4.69) is 5.32 Å². The number of nitrogens with one attached hydrogen (secondary N) is 1. The molecule has 0 heterocycles. The molecule has 3 nitrogen and oxygen atoms in total. The van der Waals surface area contributed by atoms with Crippen LogP contribution in [-0.2, 0) is 11.3 Å². The molecule has 0 fully saturated rings. The van der Waals surface area contributed by atoms with Crippen LogP contribution in [0.2, 0.25) is 0 Å². The van der Waals surface area contributed by atoms with Gasteiger partial charge in [0, 0.05) is 12.2 Å². The van der Waals surface area contributed by atoms with E-state index in [-0.39, 0.29) is 11.8 Å². The number of esters is 1. The molecule has 144 valence electrons. The van der Waals surface area contributed by atoms with Crippen molar-refractivity contribution in [2.45, 2.75) is 32.9 Å². The van der Waals surface area contributed by atoms with Gasteiger partial charge in [-0.3, -0.25) is 0 Å². The second-order valence-electron chi connectivity index (χ2n) is 7.61. The standard InChI is InChI=1S/C24H24FNO2/c1-24(2,3)28-23(27)21-14-11-19(18-7-5-4-6-8-18)15-22(21)26-16-17-9-12-20(25)13-10-17/h4-15,26H,16H2,1-3H3. The van der Waals surface area contributed by atoms with Gasteiger partial charge >= 0.3 is 5.97 Å². The molecule has 0 saturated heterocycles. The Morgan fingerprint density at radius 2 is 1.61 bits per heavy atom. The van der Waals surface area contributed by atoms with Crippen molar-refractivity contribution in [2.24, 2.45) is 0 Å². The third-order valence-corrected chi connectivity index (χ3v) is 4.14. The average molecular weight is 377 g/mol. The van der Waals surface area contributed by atoms with Gasteiger partial charge in [0.15, 0.2) is 0 Å². The smallest absolute Gasteiger partial charge is 0.340 e. The molecule has 0 atom stereocenters. The number of hydrogen-bond donors (Lipinski definition) is 1. The molecule has 0 bridgehead atoms. The fraction of sp³-hybridized carbons (Fsp3) is 0.208. The number of carbonyl (C=O) groups excluding carboxylic acids is 1. The fourth-order valence-corrected chi connectivity index (χ4v) is 2.81. The molecule has 3 rings (SSSR count). The molecule has 0 aliphatic rings. The summed E-state index contributed by atoms with van der Waals surface area (Å²) in [4.78, 5) is 12.7. The van der Waals surface area contributed by atoms with E-state index in [1.807, 2.05) is 63.2 Å². The quantitative estimate of drug-likeness (QED) is 0.549. The predicted molar refractivity (Wildman–Crippen MR) is 111 cm³/mol. The third-order valence-electron chi connectivity index (χ3n) is 4.14. The lowest BCUT2D eigenvalue weighted by Gasteiger charge is -2.21. The molecule has 28 heavy (non-hydrogen) atoms. The Kier molecular flexibility index (Phi) is 5.78. The zero-order valence-electron chi connectivity index (χ0n) is 16.3. The molecule has 3 aromatic rings. The minimum atomic E-state index is -0.580. The van der Waals surface area contributed by atoms with E-state index in [0.717, 1.165) is 16.7 Å². The molecule has 3 aromatic carbocycles. The number of carbonyl (C=O) groups is 1. The maximum Gasteiger partial charge on any atom is 0.340 e. The summed E-state index contributed by atoms with van der Waals surface area (Å²) in [6.07, 6.45) is 0. The van der Waals surface area contributed by atoms with Gasteiger partial charge in [-0.05, 0) is 61.7 Å². The molecule has 0 saturated carbocycles. The van der Waals surface area contributed by atoms with Crippen molar-refractivity contribution in [3.05, 3.63) is 89.7 Å². The molecule has 4 heteroatoms. The Hall–Kier alpha value is -3.14. The second-order valence-corrected chi connectivity index (χ2v) is 7.61. The molecule has 0 aromatic heterocycles. The monoisotopic (exact) mass is 377 g/mol. The van der Waals surface area contributed by atoms with Crippen LogP contribution < -0.4 is 5.32 Å². The summed E-state index contributed by atoms with van der Waals surface area (Å²) >= 11 is 0. The van der Waals surface area contributed by atoms with E-state index in [0.29, 0.717) is 17.8 Å². The highest BCUT2D eigenvalue weighted by atomic mass is 19.1. The van der Waals surface area contributed by atoms with Crippen molar-refractivity contribution in [2.75, 3.05) is 5.32 Å². The Bertz CT molecular complexity index is 945. The van der Waals surface area contributed by atoms with Gasteiger partial charge < -0.3 is 10.1 Å². The van der Waals surface area contributed by atoms with Gasteiger partial charge in [0.05, 0.1) is 5.56 Å². The van der Waals surface area contributed by atoms with Crippen LogP contribution in [0, 0.1) is 5.82 Å². The Morgan fingerprint density at radius 3 is 2.25 bits per heavy atom. The lowest BCUT2D eigenvalue weighted by molar-refractivity contribution is 0.00707. The molecule has 0 aliphatic heterocycles. The minimum Gasteiger partial charge on any atom is -0.456 e. The van der Waals surface area contributed by atoms with Crippen molar-refractivity contribution in [3.8, 4) is 11.1 Å². The van der Waals surface area contributed by atoms with Gasteiger partial charge in [0.2, 0.25) is 0 Å². The Balaban J connectivity index is 1.92. The number of rotatable bonds is 5. The molecule has 0 amide bonds. The van der Waals surface area contributed by atoms with E-state index in [1.165, 1.54) is 12.1 Å². The van der Waals surface area contributed by atoms with Crippen molar-refractivity contribution >= 4 is 11.7 Å². The van der Waals surface area contributed by atoms with Crippen LogP contribution in [0.1, 0.15) is 36.7 Å². The number of halogens is 1. The lowest BCUT2D eigenvalue weighted by atomic mass is 10.0. The van der Waals surface area contributed by atoms with E-state index >= 15 is 0 Å². The highest BCUT2D eigenvalue weighted by molar-refractivity contribution is 5.97. The highest BCUT2D eigenvalue weighted by Gasteiger charge is 2.21. The molecule has 0 aliphatic carbocycles. The summed E-state index contributed by atoms with van der Waals surface area (Å²) in [7, 11) is 0. The average Bonchev–Trinajstić information content (AvgIpc) is 2.66. The second kappa shape index (κ2) is 8.26. The van der Waals surface area contributed by atoms with Crippen molar-refractivity contribution in [1.29, 1.82) is 0 Å². The predicted octanol–water partition coefficient (Wildman–Crippen LogP) is 6.06. The topological polar surface area (TPSA) is 38.3 Å². The van der Waals surface area contributed by atoms with Gasteiger partial charge in [0.25, 0.3) is 0 Å². The lowest BCUT2D eigenvalue weighted by Crippen LogP contribution is -2.24. The van der Waals surface area contributed by atoms with E-state index in [1.54, 1.807) is 18.2 Å². The number of hydrogen-bond acceptors (Lipinski definition) is 3. The normalized spacial score (nSPS) is 11.1. The first kappa shape index (κ1) is 19.6. The van der Waals surface area contributed by atoms with Crippen LogP contribution in [-0.4, -0.2) is 11.6 Å². The van der Waals surface area contributed by atoms with Gasteiger partial charge in [-0.2, -0.15) is 0 Å². The number of anilines is 1. The van der Waals surface area contributed by atoms with E-state index in [9.17, 15) is 9.18 Å². The van der Waals surface area contributed by atoms with Gasteiger partial charge in [0.1, 0.15) is 11.4 Å². The summed E-state index contributed by atoms with van der Waals surface area (Å²) in [6.45, 7) is 5.99. The van der Waals surface area contributed by atoms with Gasteiger partial charge in [-0.15, -0.1) is 0 Å². The van der Waals surface area contributed by atoms with Crippen LogP contribution in [0.3, 0.4) is 0 Å². The SMILES string of the molecule is CC(C)(C)OC(=O)c1ccc(-c2ccccc2)cc1NCc1ccc(F)cc1. The van der Waals surface area contributed by atoms with Gasteiger partial charge in [-0.1, -0.05) is 48.5 Å². The summed E-state index contributed by atoms with van der Waals surface area (Å²) in [5.41, 5.74) is 3.54. The van der Waals surface area contributed by atoms with Crippen LogP contribution in [0.25, 0.3) is 11.1 Å². The van der Waals surface area contributed by atoms with Gasteiger partial charge in [-0.25, -0.2) is 9.18 Å². The van der Waals surface area contributed by atoms with E-state index < -0.39 is 5.60 Å². The summed E-state index contributed by atoms with van der Waals surface area (Å²) in [5.74, 6) is -0.655. The largest absolute Gasteiger partial charge is 0.456 e. The zero-order valence-corrected chi connectivity index (χ0v) is 16.3. The van der Waals surface area contributed by atoms with Crippen LogP contribution >= 0.6 is 0 Å². The summed E-state index contributed by atoms with van der Waals surface area (Å²) in [6, 6.07) is 21.9. The summed E-state index contributed by atoms with van der Waals surface area (Å²) in [5, 5.41) is 3.30. The first-order valence-electron chi connectivity index (χ1n) is 9.23. The van der Waals surface area contributed by atoms with Crippen molar-refractivity contribution in [3.63, 3.8) is 0 Å². The minimum absolute atomic E-state index is 0.274. The first-order valence-corrected chi connectivity index (χ1v) is 9.23. The first-order chi connectivity index (χ1) is 13.3. The molecular formula is C24H24FNO2. The zero-order chi connectivity index (χ0) is 20.1. The molecule has 1 N–H and O–H groups in total. The fourth-order valence-electron chi connectivity index (χ4n) is 2.81. The highest BCUT2D eigenvalue weighted by Crippen LogP contribution is 2.28. The molecule has 0 unspecified atom stereocenters. The Labute approximate surface area is 165 Å². The number of benzene rings is 3. The van der Waals surface area contributed by atoms with Crippen LogP contribution in [0.15, 0.2) is 72.8 Å². The van der Waals surface area contributed by atoms with Crippen molar-refractivity contribution < 1.29 is 13.9 Å². The summed E-state index contributed by atoms with van der Waals surface area (Å²) < 4.78 is 18.7. The molecular weight excluding hydrogens is 353 g/mol. The maximum atomic E-state index is 13.1. The molecule has 0 spiro atoms. The van der Waals surface area contributed by atoms with Crippen LogP contribution in [0.4, 0.5) is 10.1 Å². The van der Waals surface area contributed by atoms with Crippen LogP contribution in [0.5, 0.6) is 0 Å². The maximum absolute atomic E-state index is 13.1. The Morgan fingerprint density at radius 1 is 0.929 bits per heavy atom.